The minimum atomic E-state index is -0.547. The topological polar surface area (TPSA) is 79.7 Å². The molecule has 3 amide bonds. The molecule has 3 aliphatic heterocycles. The molecule has 0 aromatic heterocycles. The van der Waals surface area contributed by atoms with Gasteiger partial charge in [-0.3, -0.25) is 4.79 Å². The summed E-state index contributed by atoms with van der Waals surface area (Å²) in [6, 6.07) is 4.15. The molecule has 29 heavy (non-hydrogen) atoms. The zero-order chi connectivity index (χ0) is 21.0. The summed E-state index contributed by atoms with van der Waals surface area (Å²) in [5.41, 5.74) is 1.30. The zero-order valence-electron chi connectivity index (χ0n) is 16.5. The van der Waals surface area contributed by atoms with Gasteiger partial charge in [-0.25, -0.2) is 9.69 Å². The summed E-state index contributed by atoms with van der Waals surface area (Å²) in [4.78, 5) is 31.4. The van der Waals surface area contributed by atoms with Crippen LogP contribution in [0.15, 0.2) is 12.1 Å². The van der Waals surface area contributed by atoms with Crippen LogP contribution in [0.3, 0.4) is 0 Å². The highest BCUT2D eigenvalue weighted by atomic mass is 35.5. The van der Waals surface area contributed by atoms with E-state index >= 15 is 0 Å². The van der Waals surface area contributed by atoms with Crippen molar-refractivity contribution in [2.24, 2.45) is 5.92 Å². The Labute approximate surface area is 180 Å². The van der Waals surface area contributed by atoms with Gasteiger partial charge in [0.15, 0.2) is 5.11 Å². The van der Waals surface area contributed by atoms with E-state index in [-0.39, 0.29) is 29.0 Å². The van der Waals surface area contributed by atoms with Crippen LogP contribution in [0.5, 0.6) is 0 Å². The number of fused-ring (bicyclic) bond motifs is 5. The number of likely N-dealkylation sites (tertiary alicyclic amines) is 1. The summed E-state index contributed by atoms with van der Waals surface area (Å²) in [7, 11) is 0. The molecule has 0 saturated carbocycles. The van der Waals surface area contributed by atoms with Crippen LogP contribution in [0, 0.1) is 24.2 Å². The van der Waals surface area contributed by atoms with Gasteiger partial charge >= 0.3 is 6.03 Å². The van der Waals surface area contributed by atoms with E-state index in [4.69, 9.17) is 29.1 Å². The van der Waals surface area contributed by atoms with Gasteiger partial charge in [-0.2, -0.15) is 5.26 Å². The molecule has 3 unspecified atom stereocenters. The first-order chi connectivity index (χ1) is 13.8. The molecule has 9 heteroatoms. The molecule has 3 aliphatic rings. The van der Waals surface area contributed by atoms with Crippen LogP contribution in [-0.2, 0) is 4.79 Å². The van der Waals surface area contributed by atoms with E-state index in [2.05, 4.69) is 24.1 Å². The highest BCUT2D eigenvalue weighted by Crippen LogP contribution is 2.43. The van der Waals surface area contributed by atoms with Gasteiger partial charge < -0.3 is 15.1 Å². The molecule has 1 aromatic rings. The summed E-state index contributed by atoms with van der Waals surface area (Å²) >= 11 is 11.8. The second kappa shape index (κ2) is 7.15. The lowest BCUT2D eigenvalue weighted by molar-refractivity contribution is -0.120. The minimum absolute atomic E-state index is 0.0422. The molecule has 7 nitrogen and oxygen atoms in total. The largest absolute Gasteiger partial charge is 0.362 e. The molecular formula is C20H22ClN5O2S. The van der Waals surface area contributed by atoms with Gasteiger partial charge in [0.25, 0.3) is 5.91 Å². The molecule has 0 aliphatic carbocycles. The lowest BCUT2D eigenvalue weighted by Crippen LogP contribution is -2.57. The number of amides is 3. The molecule has 0 radical (unpaired) electrons. The summed E-state index contributed by atoms with van der Waals surface area (Å²) < 4.78 is 0. The lowest BCUT2D eigenvalue weighted by atomic mass is 10.1. The Kier molecular flexibility index (Phi) is 4.91. The normalized spacial score (nSPS) is 25.1. The van der Waals surface area contributed by atoms with Gasteiger partial charge in [-0.1, -0.05) is 25.4 Å². The summed E-state index contributed by atoms with van der Waals surface area (Å²) in [6.45, 7) is 7.33. The van der Waals surface area contributed by atoms with E-state index < -0.39 is 6.04 Å². The molecule has 152 valence electrons. The van der Waals surface area contributed by atoms with Crippen molar-refractivity contribution in [2.45, 2.75) is 45.3 Å². The number of imide groups is 1. The Balaban J connectivity index is 1.61. The smallest absolute Gasteiger partial charge is 0.332 e. The number of carbonyl (C=O) groups is 2. The number of thiocarbonyl (C=S) groups is 1. The monoisotopic (exact) mass is 431 g/mol. The number of carbonyl (C=O) groups excluding carboxylic acids is 2. The van der Waals surface area contributed by atoms with Crippen LogP contribution in [0.4, 0.5) is 10.5 Å². The van der Waals surface area contributed by atoms with E-state index in [1.54, 1.807) is 24.0 Å². The molecule has 1 N–H and O–H groups in total. The first-order valence-corrected chi connectivity index (χ1v) is 10.4. The molecule has 3 atom stereocenters. The fraction of sp³-hybridized carbons (Fsp3) is 0.500. The molecular weight excluding hydrogens is 410 g/mol. The average Bonchev–Trinajstić information content (AvgIpc) is 3.34. The van der Waals surface area contributed by atoms with Crippen LogP contribution in [0.1, 0.15) is 31.4 Å². The lowest BCUT2D eigenvalue weighted by Gasteiger charge is -2.36. The second-order valence-corrected chi connectivity index (χ2v) is 8.95. The maximum atomic E-state index is 13.3. The van der Waals surface area contributed by atoms with Crippen molar-refractivity contribution in [1.29, 1.82) is 5.26 Å². The zero-order valence-corrected chi connectivity index (χ0v) is 18.0. The Morgan fingerprint density at radius 2 is 2.14 bits per heavy atom. The van der Waals surface area contributed by atoms with Gasteiger partial charge in [-0.05, 0) is 49.2 Å². The van der Waals surface area contributed by atoms with Gasteiger partial charge in [-0.15, -0.1) is 0 Å². The third-order valence-corrected chi connectivity index (χ3v) is 6.77. The molecule has 3 heterocycles. The summed E-state index contributed by atoms with van der Waals surface area (Å²) in [6.07, 6.45) is 0.743. The van der Waals surface area contributed by atoms with Gasteiger partial charge in [0.2, 0.25) is 0 Å². The SMILES string of the molecule is Cc1c(N2C(=O)C3C4CC(CN4C(=S)NCC(C)C)N3C2=O)ccc(C#N)c1Cl. The van der Waals surface area contributed by atoms with Crippen molar-refractivity contribution in [3.05, 3.63) is 28.3 Å². The maximum Gasteiger partial charge on any atom is 0.332 e. The quantitative estimate of drug-likeness (QED) is 0.585. The van der Waals surface area contributed by atoms with Gasteiger partial charge in [0, 0.05) is 13.1 Å². The highest BCUT2D eigenvalue weighted by Gasteiger charge is 2.62. The number of nitriles is 1. The first-order valence-electron chi connectivity index (χ1n) is 9.66. The second-order valence-electron chi connectivity index (χ2n) is 8.18. The van der Waals surface area contributed by atoms with E-state index in [1.807, 2.05) is 6.07 Å². The predicted octanol–water partition coefficient (Wildman–Crippen LogP) is 2.64. The van der Waals surface area contributed by atoms with Gasteiger partial charge in [0.1, 0.15) is 12.1 Å². The molecule has 2 bridgehead atoms. The van der Waals surface area contributed by atoms with Crippen LogP contribution in [0.2, 0.25) is 5.02 Å². The number of halogens is 1. The number of anilines is 1. The maximum absolute atomic E-state index is 13.3. The first kappa shape index (κ1) is 19.9. The van der Waals surface area contributed by atoms with Crippen LogP contribution in [-0.4, -0.2) is 58.1 Å². The number of hydrogen-bond donors (Lipinski definition) is 1. The van der Waals surface area contributed by atoms with Crippen molar-refractivity contribution < 1.29 is 9.59 Å². The number of piperazine rings is 1. The fourth-order valence-corrected chi connectivity index (χ4v) is 5.00. The van der Waals surface area contributed by atoms with Crippen LogP contribution in [0.25, 0.3) is 0 Å². The van der Waals surface area contributed by atoms with Crippen molar-refractivity contribution in [3.8, 4) is 6.07 Å². The third-order valence-electron chi connectivity index (χ3n) is 5.91. The van der Waals surface area contributed by atoms with E-state index in [1.165, 1.54) is 4.90 Å². The highest BCUT2D eigenvalue weighted by molar-refractivity contribution is 7.80. The molecule has 3 saturated heterocycles. The van der Waals surface area contributed by atoms with Crippen LogP contribution < -0.4 is 10.2 Å². The summed E-state index contributed by atoms with van der Waals surface area (Å²) in [5, 5.41) is 13.3. The molecule has 0 spiro atoms. The third kappa shape index (κ3) is 2.95. The Hall–Kier alpha value is -2.37. The molecule has 4 rings (SSSR count). The predicted molar refractivity (Wildman–Crippen MR) is 114 cm³/mol. The number of urea groups is 1. The Morgan fingerprint density at radius 1 is 1.41 bits per heavy atom. The van der Waals surface area contributed by atoms with Crippen molar-refractivity contribution in [3.63, 3.8) is 0 Å². The molecule has 1 aromatic carbocycles. The number of rotatable bonds is 3. The number of benzene rings is 1. The van der Waals surface area contributed by atoms with Crippen LogP contribution >= 0.6 is 23.8 Å². The number of nitrogens with one attached hydrogen (secondary N) is 1. The average molecular weight is 432 g/mol. The van der Waals surface area contributed by atoms with Crippen molar-refractivity contribution in [2.75, 3.05) is 18.0 Å². The van der Waals surface area contributed by atoms with E-state index in [0.29, 0.717) is 34.4 Å². The Morgan fingerprint density at radius 3 is 2.79 bits per heavy atom. The summed E-state index contributed by atoms with van der Waals surface area (Å²) in [5.74, 6) is 0.196. The molecule has 3 fully saturated rings. The Bertz CT molecular complexity index is 959. The van der Waals surface area contributed by atoms with Crippen molar-refractivity contribution >= 4 is 46.6 Å². The van der Waals surface area contributed by atoms with E-state index in [9.17, 15) is 9.59 Å². The van der Waals surface area contributed by atoms with Gasteiger partial charge in [0.05, 0.1) is 28.4 Å². The standard InChI is InChI=1S/C20H22ClN5O2S/c1-10(2)8-23-19(29)24-9-13-6-15(24)17-18(27)26(20(28)25(13)17)14-5-4-12(7-22)16(21)11(14)3/h4-5,10,13,15,17H,6,8-9H2,1-3H3,(H,23,29). The fourth-order valence-electron chi connectivity index (χ4n) is 4.51. The van der Waals surface area contributed by atoms with Crippen molar-refractivity contribution in [1.82, 2.24) is 15.1 Å². The number of nitrogens with zero attached hydrogens (tertiary/aromatic N) is 4. The minimum Gasteiger partial charge on any atom is -0.362 e. The number of hydrogen-bond acceptors (Lipinski definition) is 4. The van der Waals surface area contributed by atoms with E-state index in [0.717, 1.165) is 13.0 Å².